The Morgan fingerprint density at radius 2 is 1.61 bits per heavy atom. The van der Waals surface area contributed by atoms with Crippen molar-refractivity contribution in [2.75, 3.05) is 7.05 Å². The van der Waals surface area contributed by atoms with Gasteiger partial charge in [0.1, 0.15) is 0 Å². The molecule has 2 heterocycles. The van der Waals surface area contributed by atoms with Crippen molar-refractivity contribution in [2.24, 2.45) is 4.99 Å². The zero-order valence-electron chi connectivity index (χ0n) is 16.0. The molecule has 2 atom stereocenters. The molecule has 2 aliphatic heterocycles. The van der Waals surface area contributed by atoms with E-state index in [1.807, 2.05) is 30.9 Å². The number of nitrogens with one attached hydrogen (secondary N) is 1. The minimum atomic E-state index is -0.531. The number of amides is 3. The van der Waals surface area contributed by atoms with Crippen molar-refractivity contribution in [1.82, 2.24) is 15.1 Å². The number of imide groups is 1. The van der Waals surface area contributed by atoms with Crippen molar-refractivity contribution >= 4 is 28.9 Å². The topological polar surface area (TPSA) is 65.0 Å². The highest BCUT2D eigenvalue weighted by molar-refractivity contribution is 8.13. The van der Waals surface area contributed by atoms with Gasteiger partial charge in [0.05, 0.1) is 0 Å². The zero-order valence-corrected chi connectivity index (χ0v) is 16.9. The van der Waals surface area contributed by atoms with Crippen LogP contribution < -0.4 is 5.32 Å². The number of thioether (sulfide) groups is 1. The van der Waals surface area contributed by atoms with Gasteiger partial charge in [-0.1, -0.05) is 59.3 Å². The molecule has 4 rings (SSSR count). The van der Waals surface area contributed by atoms with E-state index in [0.29, 0.717) is 6.54 Å². The Bertz CT molecular complexity index is 940. The third-order valence-electron chi connectivity index (χ3n) is 5.03. The second-order valence-corrected chi connectivity index (χ2v) is 8.24. The molecule has 3 amide bonds. The number of aliphatic imine (C=N–C) groups is 1. The average Bonchev–Trinajstić information content (AvgIpc) is 3.02. The number of carbonyl (C=O) groups excluding carboxylic acids is 2. The number of likely N-dealkylation sites (N-methyl/N-ethyl adjacent to an activating group) is 1. The van der Waals surface area contributed by atoms with Crippen molar-refractivity contribution in [1.29, 1.82) is 0 Å². The fraction of sp³-hybridized carbons (Fsp3) is 0.286. The number of carbonyl (C=O) groups is 2. The van der Waals surface area contributed by atoms with Crippen molar-refractivity contribution in [3.05, 3.63) is 65.2 Å². The predicted molar refractivity (Wildman–Crippen MR) is 110 cm³/mol. The fourth-order valence-corrected chi connectivity index (χ4v) is 4.29. The maximum absolute atomic E-state index is 12.6. The molecule has 28 heavy (non-hydrogen) atoms. The Kier molecular flexibility index (Phi) is 4.85. The summed E-state index contributed by atoms with van der Waals surface area (Å²) in [6.07, 6.45) is -0.514. The lowest BCUT2D eigenvalue weighted by Gasteiger charge is -2.36. The Hall–Kier alpha value is -2.80. The molecular weight excluding hydrogens is 372 g/mol. The molecule has 1 fully saturated rings. The Morgan fingerprint density at radius 3 is 2.25 bits per heavy atom. The van der Waals surface area contributed by atoms with E-state index >= 15 is 0 Å². The Labute approximate surface area is 168 Å². The van der Waals surface area contributed by atoms with Gasteiger partial charge in [-0.25, -0.2) is 9.79 Å². The second-order valence-electron chi connectivity index (χ2n) is 7.20. The lowest BCUT2D eigenvalue weighted by atomic mass is 10.1. The molecule has 0 bridgehead atoms. The van der Waals surface area contributed by atoms with E-state index in [1.54, 1.807) is 7.05 Å². The maximum atomic E-state index is 12.6. The van der Waals surface area contributed by atoms with Crippen molar-refractivity contribution < 1.29 is 9.59 Å². The van der Waals surface area contributed by atoms with Gasteiger partial charge in [0.15, 0.2) is 17.4 Å². The normalized spacial score (nSPS) is 21.5. The molecule has 2 unspecified atom stereocenters. The standard InChI is InChI=1S/C21H22N4O2S/c1-13-4-8-15(9-5-13)12-25-17-18(24(3)20(27)23-19(17)26)22-21(25)28-16-10-6-14(2)7-11-16/h4-11,17-18H,12H2,1-3H3,(H,23,26,27). The molecule has 6 nitrogen and oxygen atoms in total. The second kappa shape index (κ2) is 7.31. The summed E-state index contributed by atoms with van der Waals surface area (Å²) in [4.78, 5) is 34.0. The maximum Gasteiger partial charge on any atom is 0.325 e. The summed E-state index contributed by atoms with van der Waals surface area (Å²) in [6, 6.07) is 15.5. The van der Waals surface area contributed by atoms with E-state index in [4.69, 9.17) is 4.99 Å². The van der Waals surface area contributed by atoms with Crippen molar-refractivity contribution in [2.45, 2.75) is 37.5 Å². The number of fused-ring (bicyclic) bond motifs is 1. The highest BCUT2D eigenvalue weighted by Gasteiger charge is 2.48. The van der Waals surface area contributed by atoms with Crippen LogP contribution in [0.5, 0.6) is 0 Å². The van der Waals surface area contributed by atoms with Gasteiger partial charge in [-0.3, -0.25) is 10.1 Å². The number of benzene rings is 2. The lowest BCUT2D eigenvalue weighted by molar-refractivity contribution is -0.127. The van der Waals surface area contributed by atoms with Gasteiger partial charge in [-0.05, 0) is 31.5 Å². The number of aryl methyl sites for hydroxylation is 2. The van der Waals surface area contributed by atoms with Crippen LogP contribution in [-0.4, -0.2) is 46.2 Å². The molecule has 0 aliphatic carbocycles. The number of nitrogens with zero attached hydrogens (tertiary/aromatic N) is 3. The third kappa shape index (κ3) is 3.49. The largest absolute Gasteiger partial charge is 0.331 e. The first-order valence-electron chi connectivity index (χ1n) is 9.14. The molecule has 2 aromatic carbocycles. The Balaban J connectivity index is 1.67. The molecular formula is C21H22N4O2S. The number of urea groups is 1. The summed E-state index contributed by atoms with van der Waals surface area (Å²) >= 11 is 1.52. The van der Waals surface area contributed by atoms with E-state index < -0.39 is 18.2 Å². The molecule has 1 N–H and O–H groups in total. The molecule has 144 valence electrons. The van der Waals surface area contributed by atoms with Crippen LogP contribution in [0.1, 0.15) is 16.7 Å². The minimum Gasteiger partial charge on any atom is -0.331 e. The predicted octanol–water partition coefficient (Wildman–Crippen LogP) is 3.14. The summed E-state index contributed by atoms with van der Waals surface area (Å²) < 4.78 is 0. The van der Waals surface area contributed by atoms with Crippen molar-refractivity contribution in [3.63, 3.8) is 0 Å². The van der Waals surface area contributed by atoms with Crippen LogP contribution >= 0.6 is 11.8 Å². The van der Waals surface area contributed by atoms with Crippen LogP contribution in [-0.2, 0) is 11.3 Å². The summed E-state index contributed by atoms with van der Waals surface area (Å²) in [7, 11) is 1.67. The Morgan fingerprint density at radius 1 is 1.00 bits per heavy atom. The van der Waals surface area contributed by atoms with Crippen molar-refractivity contribution in [3.8, 4) is 0 Å². The van der Waals surface area contributed by atoms with Crippen LogP contribution in [0.2, 0.25) is 0 Å². The first kappa shape index (κ1) is 18.6. The van der Waals surface area contributed by atoms with E-state index in [9.17, 15) is 9.59 Å². The van der Waals surface area contributed by atoms with Gasteiger partial charge in [0, 0.05) is 18.5 Å². The van der Waals surface area contributed by atoms with Gasteiger partial charge in [-0.15, -0.1) is 0 Å². The lowest BCUT2D eigenvalue weighted by Crippen LogP contribution is -2.63. The van der Waals surface area contributed by atoms with E-state index in [1.165, 1.54) is 27.8 Å². The summed E-state index contributed by atoms with van der Waals surface area (Å²) in [5.41, 5.74) is 3.47. The number of rotatable bonds is 3. The molecule has 0 radical (unpaired) electrons. The van der Waals surface area contributed by atoms with Crippen LogP contribution in [0, 0.1) is 13.8 Å². The first-order valence-corrected chi connectivity index (χ1v) is 9.96. The smallest absolute Gasteiger partial charge is 0.325 e. The van der Waals surface area contributed by atoms with Gasteiger partial charge in [-0.2, -0.15) is 0 Å². The van der Waals surface area contributed by atoms with Crippen LogP contribution in [0.4, 0.5) is 4.79 Å². The van der Waals surface area contributed by atoms with E-state index in [-0.39, 0.29) is 5.91 Å². The van der Waals surface area contributed by atoms with Crippen LogP contribution in [0.25, 0.3) is 0 Å². The number of hydrogen-bond donors (Lipinski definition) is 1. The minimum absolute atomic E-state index is 0.302. The molecule has 0 saturated carbocycles. The summed E-state index contributed by atoms with van der Waals surface area (Å²) in [6.45, 7) is 4.64. The van der Waals surface area contributed by atoms with Gasteiger partial charge < -0.3 is 9.80 Å². The fourth-order valence-electron chi connectivity index (χ4n) is 3.35. The zero-order chi connectivity index (χ0) is 19.8. The van der Waals surface area contributed by atoms with Crippen LogP contribution in [0.3, 0.4) is 0 Å². The summed E-state index contributed by atoms with van der Waals surface area (Å²) in [5.74, 6) is -0.302. The molecule has 2 aromatic rings. The number of hydrogen-bond acceptors (Lipinski definition) is 5. The third-order valence-corrected chi connectivity index (χ3v) is 6.06. The average molecular weight is 395 g/mol. The van der Waals surface area contributed by atoms with E-state index in [0.717, 1.165) is 15.6 Å². The molecule has 0 aromatic heterocycles. The first-order chi connectivity index (χ1) is 13.4. The van der Waals surface area contributed by atoms with Gasteiger partial charge >= 0.3 is 6.03 Å². The van der Waals surface area contributed by atoms with Crippen LogP contribution in [0.15, 0.2) is 58.4 Å². The molecule has 7 heteroatoms. The molecule has 2 aliphatic rings. The monoisotopic (exact) mass is 394 g/mol. The highest BCUT2D eigenvalue weighted by Crippen LogP contribution is 2.33. The molecule has 1 saturated heterocycles. The quantitative estimate of drug-likeness (QED) is 0.869. The van der Waals surface area contributed by atoms with Gasteiger partial charge in [0.2, 0.25) is 0 Å². The van der Waals surface area contributed by atoms with E-state index in [2.05, 4.69) is 41.7 Å². The highest BCUT2D eigenvalue weighted by atomic mass is 32.2. The number of amidine groups is 1. The molecule has 0 spiro atoms. The SMILES string of the molecule is Cc1ccc(CN2C(Sc3ccc(C)cc3)=NC3C2C(=O)NC(=O)N3C)cc1. The summed E-state index contributed by atoms with van der Waals surface area (Å²) in [5, 5.41) is 3.19. The van der Waals surface area contributed by atoms with Gasteiger partial charge in [0.25, 0.3) is 5.91 Å².